The van der Waals surface area contributed by atoms with Gasteiger partial charge in [0.2, 0.25) is 0 Å². The average Bonchev–Trinajstić information content (AvgIpc) is 3.49. The average molecular weight is 470 g/mol. The van der Waals surface area contributed by atoms with E-state index in [9.17, 15) is 4.79 Å². The van der Waals surface area contributed by atoms with Crippen LogP contribution in [0, 0.1) is 0 Å². The molecule has 0 spiro atoms. The highest BCUT2D eigenvalue weighted by Crippen LogP contribution is 2.40. The Morgan fingerprint density at radius 3 is 2.53 bits per heavy atom. The van der Waals surface area contributed by atoms with Crippen molar-refractivity contribution in [1.82, 2.24) is 24.8 Å². The molecule has 3 aromatic heterocycles. The molecule has 34 heavy (non-hydrogen) atoms. The minimum atomic E-state index is -0.358. The monoisotopic (exact) mass is 469 g/mol. The van der Waals surface area contributed by atoms with E-state index >= 15 is 0 Å². The molecule has 0 radical (unpaired) electrons. The van der Waals surface area contributed by atoms with Crippen LogP contribution in [0.2, 0.25) is 0 Å². The maximum Gasteiger partial charge on any atom is 0.337 e. The fourth-order valence-corrected chi connectivity index (χ4v) is 4.63. The van der Waals surface area contributed by atoms with Crippen LogP contribution in [0.5, 0.6) is 0 Å². The van der Waals surface area contributed by atoms with Crippen molar-refractivity contribution in [2.45, 2.75) is 18.6 Å². The number of carbonyl (C=O) groups excluding carboxylic acids is 1. The quantitative estimate of drug-likeness (QED) is 0.335. The maximum atomic E-state index is 11.9. The van der Waals surface area contributed by atoms with Gasteiger partial charge in [-0.25, -0.2) is 4.79 Å². The van der Waals surface area contributed by atoms with Gasteiger partial charge < -0.3 is 19.5 Å². The van der Waals surface area contributed by atoms with Crippen LogP contribution in [0.3, 0.4) is 0 Å². The lowest BCUT2D eigenvalue weighted by molar-refractivity contribution is 0.0600. The van der Waals surface area contributed by atoms with Crippen LogP contribution in [0.25, 0.3) is 5.69 Å². The SMILES string of the molecule is COC(=O)c1ccc(-n2cccc2[C@@H]2[C@@H](c3ccccn3)NC(=S)N2Cc2ccncc2)cc1. The molecule has 0 saturated carbocycles. The summed E-state index contributed by atoms with van der Waals surface area (Å²) in [4.78, 5) is 22.8. The summed E-state index contributed by atoms with van der Waals surface area (Å²) in [7, 11) is 1.38. The molecule has 1 aromatic carbocycles. The highest BCUT2D eigenvalue weighted by Gasteiger charge is 2.41. The fourth-order valence-electron chi connectivity index (χ4n) is 4.33. The molecular formula is C26H23N5O2S. The van der Waals surface area contributed by atoms with Crippen molar-refractivity contribution < 1.29 is 9.53 Å². The van der Waals surface area contributed by atoms with Crippen LogP contribution in [0.1, 0.15) is 39.4 Å². The highest BCUT2D eigenvalue weighted by molar-refractivity contribution is 7.80. The minimum Gasteiger partial charge on any atom is -0.465 e. The summed E-state index contributed by atoms with van der Waals surface area (Å²) < 4.78 is 6.95. The Hall–Kier alpha value is -4.04. The molecule has 0 aliphatic carbocycles. The molecular weight excluding hydrogens is 446 g/mol. The van der Waals surface area contributed by atoms with E-state index in [1.165, 1.54) is 7.11 Å². The van der Waals surface area contributed by atoms with Crippen LogP contribution < -0.4 is 5.32 Å². The molecule has 0 bridgehead atoms. The molecule has 0 unspecified atom stereocenters. The number of ether oxygens (including phenoxy) is 1. The van der Waals surface area contributed by atoms with Gasteiger partial charge in [-0.1, -0.05) is 6.07 Å². The molecule has 7 nitrogen and oxygen atoms in total. The predicted molar refractivity (Wildman–Crippen MR) is 132 cm³/mol. The third-order valence-electron chi connectivity index (χ3n) is 5.95. The molecule has 1 saturated heterocycles. The summed E-state index contributed by atoms with van der Waals surface area (Å²) in [6.45, 7) is 0.634. The van der Waals surface area contributed by atoms with Gasteiger partial charge in [-0.15, -0.1) is 0 Å². The number of rotatable bonds is 6. The van der Waals surface area contributed by atoms with Gasteiger partial charge in [-0.3, -0.25) is 9.97 Å². The standard InChI is InChI=1S/C26H23N5O2S/c1-33-25(32)19-7-9-20(10-8-19)30-16-4-6-22(30)24-23(21-5-2-3-13-28-21)29-26(34)31(24)17-18-11-14-27-15-12-18/h2-16,23-24H,17H2,1H3,(H,29,34)/t23-,24-/m1/s1. The van der Waals surface area contributed by atoms with E-state index in [-0.39, 0.29) is 18.1 Å². The number of nitrogens with one attached hydrogen (secondary N) is 1. The van der Waals surface area contributed by atoms with Gasteiger partial charge in [0.25, 0.3) is 0 Å². The molecule has 5 rings (SSSR count). The Bertz CT molecular complexity index is 1290. The first kappa shape index (κ1) is 21.8. The smallest absolute Gasteiger partial charge is 0.337 e. The Morgan fingerprint density at radius 2 is 1.82 bits per heavy atom. The molecule has 0 amide bonds. The topological polar surface area (TPSA) is 72.3 Å². The van der Waals surface area contributed by atoms with Gasteiger partial charge in [0.1, 0.15) is 0 Å². The number of thiocarbonyl (C=S) groups is 1. The normalized spacial score (nSPS) is 17.4. The minimum absolute atomic E-state index is 0.106. The first-order chi connectivity index (χ1) is 16.7. The predicted octanol–water partition coefficient (Wildman–Crippen LogP) is 4.23. The van der Waals surface area contributed by atoms with Gasteiger partial charge >= 0.3 is 5.97 Å². The van der Waals surface area contributed by atoms with Crippen LogP contribution in [-0.2, 0) is 11.3 Å². The van der Waals surface area contributed by atoms with E-state index in [4.69, 9.17) is 17.0 Å². The number of hydrogen-bond donors (Lipinski definition) is 1. The third kappa shape index (κ3) is 4.15. The number of esters is 1. The zero-order valence-corrected chi connectivity index (χ0v) is 19.4. The second-order valence-corrected chi connectivity index (χ2v) is 8.34. The number of nitrogens with zero attached hydrogens (tertiary/aromatic N) is 4. The molecule has 1 N–H and O–H groups in total. The first-order valence-electron chi connectivity index (χ1n) is 10.9. The van der Waals surface area contributed by atoms with Crippen LogP contribution in [0.15, 0.2) is 91.5 Å². The van der Waals surface area contributed by atoms with E-state index in [1.807, 2.05) is 54.7 Å². The molecule has 2 atom stereocenters. The lowest BCUT2D eigenvalue weighted by Gasteiger charge is -2.29. The second kappa shape index (κ2) is 9.44. The van der Waals surface area contributed by atoms with Crippen molar-refractivity contribution in [2.24, 2.45) is 0 Å². The lowest BCUT2D eigenvalue weighted by atomic mass is 10.0. The number of pyridine rings is 2. The molecule has 8 heteroatoms. The van der Waals surface area contributed by atoms with Crippen molar-refractivity contribution in [1.29, 1.82) is 0 Å². The first-order valence-corrected chi connectivity index (χ1v) is 11.3. The van der Waals surface area contributed by atoms with E-state index in [0.29, 0.717) is 17.2 Å². The number of hydrogen-bond acceptors (Lipinski definition) is 5. The Balaban J connectivity index is 1.56. The summed E-state index contributed by atoms with van der Waals surface area (Å²) in [6.07, 6.45) is 7.40. The number of carbonyl (C=O) groups is 1. The second-order valence-electron chi connectivity index (χ2n) is 7.95. The molecule has 1 aliphatic heterocycles. The molecule has 170 valence electrons. The number of aromatic nitrogens is 3. The van der Waals surface area contributed by atoms with Crippen molar-refractivity contribution in [3.8, 4) is 5.69 Å². The molecule has 4 aromatic rings. The zero-order chi connectivity index (χ0) is 23.5. The van der Waals surface area contributed by atoms with Crippen molar-refractivity contribution in [3.63, 3.8) is 0 Å². The lowest BCUT2D eigenvalue weighted by Crippen LogP contribution is -2.30. The third-order valence-corrected chi connectivity index (χ3v) is 6.30. The largest absolute Gasteiger partial charge is 0.465 e. The van der Waals surface area contributed by atoms with E-state index < -0.39 is 0 Å². The Labute approximate surface area is 203 Å². The van der Waals surface area contributed by atoms with Crippen molar-refractivity contribution in [3.05, 3.63) is 114 Å². The van der Waals surface area contributed by atoms with Crippen LogP contribution in [-0.4, -0.2) is 37.6 Å². The van der Waals surface area contributed by atoms with Gasteiger partial charge in [0.05, 0.1) is 30.5 Å². The number of benzene rings is 1. The van der Waals surface area contributed by atoms with Crippen molar-refractivity contribution >= 4 is 23.3 Å². The zero-order valence-electron chi connectivity index (χ0n) is 18.5. The molecule has 1 aliphatic rings. The van der Waals surface area contributed by atoms with Gasteiger partial charge in [0.15, 0.2) is 5.11 Å². The Kier molecular flexibility index (Phi) is 6.05. The van der Waals surface area contributed by atoms with E-state index in [0.717, 1.165) is 22.6 Å². The summed E-state index contributed by atoms with van der Waals surface area (Å²) in [5.41, 5.74) is 4.54. The fraction of sp³-hybridized carbons (Fsp3) is 0.154. The summed E-state index contributed by atoms with van der Waals surface area (Å²) in [5, 5.41) is 4.17. The van der Waals surface area contributed by atoms with E-state index in [1.54, 1.807) is 30.7 Å². The van der Waals surface area contributed by atoms with Crippen LogP contribution >= 0.6 is 12.2 Å². The molecule has 1 fully saturated rings. The van der Waals surface area contributed by atoms with Gasteiger partial charge in [-0.05, 0) is 78.4 Å². The summed E-state index contributed by atoms with van der Waals surface area (Å²) in [6, 6.07) is 21.2. The van der Waals surface area contributed by atoms with Gasteiger partial charge in [0, 0.05) is 42.7 Å². The van der Waals surface area contributed by atoms with Gasteiger partial charge in [-0.2, -0.15) is 0 Å². The van der Waals surface area contributed by atoms with Crippen molar-refractivity contribution in [2.75, 3.05) is 7.11 Å². The number of methoxy groups -OCH3 is 1. The summed E-state index contributed by atoms with van der Waals surface area (Å²) in [5.74, 6) is -0.358. The Morgan fingerprint density at radius 1 is 1.03 bits per heavy atom. The molecule has 4 heterocycles. The summed E-state index contributed by atoms with van der Waals surface area (Å²) >= 11 is 5.80. The van der Waals surface area contributed by atoms with Crippen LogP contribution in [0.4, 0.5) is 0 Å². The van der Waals surface area contributed by atoms with E-state index in [2.05, 4.69) is 30.8 Å². The maximum absolute atomic E-state index is 11.9. The highest BCUT2D eigenvalue weighted by atomic mass is 32.1.